The molecule has 0 aliphatic rings. The Hall–Kier alpha value is -10.6. The fourth-order valence-electron chi connectivity index (χ4n) is 12.7. The monoisotopic (exact) mass is 1130 g/mol. The highest BCUT2D eigenvalue weighted by molar-refractivity contribution is 7.27. The van der Waals surface area contributed by atoms with Gasteiger partial charge in [0, 0.05) is 85.2 Å². The van der Waals surface area contributed by atoms with E-state index in [1.54, 1.807) is 0 Å². The first-order valence-corrected chi connectivity index (χ1v) is 30.9. The molecule has 0 fully saturated rings. The van der Waals surface area contributed by atoms with Crippen molar-refractivity contribution in [1.29, 1.82) is 0 Å². The minimum Gasteiger partial charge on any atom is -0.310 e. The van der Waals surface area contributed by atoms with E-state index in [2.05, 4.69) is 337 Å². The zero-order chi connectivity index (χ0) is 56.9. The molecule has 4 heteroatoms. The molecule has 0 saturated carbocycles. The van der Waals surface area contributed by atoms with Crippen molar-refractivity contribution in [1.82, 2.24) is 0 Å². The van der Waals surface area contributed by atoms with E-state index in [1.807, 2.05) is 22.7 Å². The number of thiophene rings is 2. The standard InChI is InChI=1S/C44H29NS.C38H25NS/c1-3-9-30(10-4-1)31-15-17-32(18-16-31)33-21-24-37(25-22-33)45(36-11-5-2-6-12-36)38-26-28-39-35(29-38)20-19-34-23-27-41-40-13-7-8-14-42(40)46-44(41)43(34)39;1-3-9-26(10-4-1)27-17-20-31(21-18-27)39(30-11-5-2-6-12-30)32-22-24-33-29(25-32)16-15-28-19-23-35-34-13-7-8-14-36(34)40-38(35)37(28)33/h1-29H;1-25H. The molecule has 0 radical (unpaired) electrons. The van der Waals surface area contributed by atoms with E-state index in [-0.39, 0.29) is 0 Å². The van der Waals surface area contributed by atoms with Crippen LogP contribution < -0.4 is 9.80 Å². The maximum Gasteiger partial charge on any atom is 0.0468 e. The topological polar surface area (TPSA) is 6.48 Å². The smallest absolute Gasteiger partial charge is 0.0468 e. The summed E-state index contributed by atoms with van der Waals surface area (Å²) in [6, 6.07) is 119. The number of rotatable bonds is 9. The van der Waals surface area contributed by atoms with Crippen LogP contribution in [0, 0.1) is 0 Å². The Labute approximate surface area is 507 Å². The van der Waals surface area contributed by atoms with Crippen LogP contribution in [0.25, 0.3) is 117 Å². The van der Waals surface area contributed by atoms with Gasteiger partial charge in [0.1, 0.15) is 0 Å². The molecule has 0 amide bonds. The van der Waals surface area contributed by atoms with Crippen molar-refractivity contribution >= 4 is 140 Å². The molecule has 2 heterocycles. The van der Waals surface area contributed by atoms with Crippen molar-refractivity contribution < 1.29 is 0 Å². The van der Waals surface area contributed by atoms with Gasteiger partial charge in [0.2, 0.25) is 0 Å². The predicted molar refractivity (Wildman–Crippen MR) is 374 cm³/mol. The molecule has 0 atom stereocenters. The van der Waals surface area contributed by atoms with E-state index < -0.39 is 0 Å². The average Bonchev–Trinajstić information content (AvgIpc) is 1.80. The highest BCUT2D eigenvalue weighted by Crippen LogP contribution is 2.46. The Morgan fingerprint density at radius 1 is 0.186 bits per heavy atom. The third kappa shape index (κ3) is 9.29. The highest BCUT2D eigenvalue weighted by Gasteiger charge is 2.19. The summed E-state index contributed by atoms with van der Waals surface area (Å²) in [5.74, 6) is 0. The minimum atomic E-state index is 1.13. The maximum absolute atomic E-state index is 2.35. The Kier molecular flexibility index (Phi) is 13.0. The molecular weight excluding hydrogens is 1080 g/mol. The fraction of sp³-hybridized carbons (Fsp3) is 0. The van der Waals surface area contributed by atoms with Crippen LogP contribution in [-0.4, -0.2) is 0 Å². The number of hydrogen-bond donors (Lipinski definition) is 0. The molecule has 15 aromatic carbocycles. The first kappa shape index (κ1) is 51.1. The number of benzene rings is 15. The lowest BCUT2D eigenvalue weighted by Gasteiger charge is -2.26. The molecule has 0 spiro atoms. The second-order valence-corrected chi connectivity index (χ2v) is 24.1. The number of fused-ring (bicyclic) bond motifs is 14. The quantitative estimate of drug-likeness (QED) is 0.133. The molecule has 2 nitrogen and oxygen atoms in total. The van der Waals surface area contributed by atoms with Gasteiger partial charge >= 0.3 is 0 Å². The van der Waals surface area contributed by atoms with Crippen LogP contribution in [0.1, 0.15) is 0 Å². The zero-order valence-corrected chi connectivity index (χ0v) is 48.5. The van der Waals surface area contributed by atoms with Gasteiger partial charge in [-0.1, -0.05) is 243 Å². The van der Waals surface area contributed by atoms with E-state index >= 15 is 0 Å². The molecule has 0 bridgehead atoms. The summed E-state index contributed by atoms with van der Waals surface area (Å²) in [6.07, 6.45) is 0. The molecule has 0 N–H and O–H groups in total. The van der Waals surface area contributed by atoms with Gasteiger partial charge in [-0.05, 0) is 151 Å². The predicted octanol–water partition coefficient (Wildman–Crippen LogP) is 24.7. The largest absolute Gasteiger partial charge is 0.310 e. The molecule has 86 heavy (non-hydrogen) atoms. The van der Waals surface area contributed by atoms with Crippen molar-refractivity contribution in [3.05, 3.63) is 328 Å². The lowest BCUT2D eigenvalue weighted by atomic mass is 9.98. The van der Waals surface area contributed by atoms with Crippen LogP contribution >= 0.6 is 22.7 Å². The molecule has 17 rings (SSSR count). The van der Waals surface area contributed by atoms with E-state index in [1.165, 1.54) is 117 Å². The summed E-state index contributed by atoms with van der Waals surface area (Å²) in [5.41, 5.74) is 14.2. The summed E-state index contributed by atoms with van der Waals surface area (Å²) in [7, 11) is 0. The molecule has 0 aliphatic heterocycles. The van der Waals surface area contributed by atoms with Crippen LogP contribution in [0.15, 0.2) is 328 Å². The Morgan fingerprint density at radius 2 is 0.465 bits per heavy atom. The Balaban J connectivity index is 0.000000141. The van der Waals surface area contributed by atoms with Crippen LogP contribution in [0.2, 0.25) is 0 Å². The van der Waals surface area contributed by atoms with Crippen molar-refractivity contribution in [3.8, 4) is 33.4 Å². The molecular formula is C82H54N2S2. The molecule has 2 aromatic heterocycles. The van der Waals surface area contributed by atoms with E-state index in [4.69, 9.17) is 0 Å². The van der Waals surface area contributed by atoms with Gasteiger partial charge in [-0.2, -0.15) is 0 Å². The maximum atomic E-state index is 2.35. The van der Waals surface area contributed by atoms with E-state index in [9.17, 15) is 0 Å². The van der Waals surface area contributed by atoms with Crippen LogP contribution in [0.4, 0.5) is 34.1 Å². The second-order valence-electron chi connectivity index (χ2n) is 22.0. The van der Waals surface area contributed by atoms with Crippen molar-refractivity contribution in [2.45, 2.75) is 0 Å². The lowest BCUT2D eigenvalue weighted by Crippen LogP contribution is -2.09. The van der Waals surface area contributed by atoms with Gasteiger partial charge in [-0.3, -0.25) is 0 Å². The first-order valence-electron chi connectivity index (χ1n) is 29.3. The van der Waals surface area contributed by atoms with Crippen molar-refractivity contribution in [2.24, 2.45) is 0 Å². The van der Waals surface area contributed by atoms with Crippen molar-refractivity contribution in [3.63, 3.8) is 0 Å². The number of nitrogens with zero attached hydrogens (tertiary/aromatic N) is 2. The second kappa shape index (κ2) is 21.9. The van der Waals surface area contributed by atoms with Crippen LogP contribution in [0.5, 0.6) is 0 Å². The van der Waals surface area contributed by atoms with Gasteiger partial charge < -0.3 is 9.80 Å². The molecule has 404 valence electrons. The summed E-state index contributed by atoms with van der Waals surface area (Å²) in [5, 5.41) is 15.7. The number of para-hydroxylation sites is 2. The van der Waals surface area contributed by atoms with E-state index in [0.29, 0.717) is 0 Å². The van der Waals surface area contributed by atoms with Crippen molar-refractivity contribution in [2.75, 3.05) is 9.80 Å². The lowest BCUT2D eigenvalue weighted by molar-refractivity contribution is 1.29. The van der Waals surface area contributed by atoms with Crippen LogP contribution in [0.3, 0.4) is 0 Å². The third-order valence-electron chi connectivity index (χ3n) is 16.9. The summed E-state index contributed by atoms with van der Waals surface area (Å²) in [6.45, 7) is 0. The zero-order valence-electron chi connectivity index (χ0n) is 46.9. The third-order valence-corrected chi connectivity index (χ3v) is 19.3. The minimum absolute atomic E-state index is 1.13. The fourth-order valence-corrected chi connectivity index (χ4v) is 15.2. The average molecular weight is 1130 g/mol. The molecule has 0 aliphatic carbocycles. The van der Waals surface area contributed by atoms with E-state index in [0.717, 1.165) is 34.1 Å². The van der Waals surface area contributed by atoms with Gasteiger partial charge in [0.25, 0.3) is 0 Å². The molecule has 17 aromatic rings. The van der Waals surface area contributed by atoms with Crippen LogP contribution in [-0.2, 0) is 0 Å². The molecule has 0 unspecified atom stereocenters. The SMILES string of the molecule is c1ccc(-c2ccc(-c3ccc(N(c4ccccc4)c4ccc5c(ccc6ccc7c8ccccc8sc7c65)c4)cc3)cc2)cc1.c1ccc(-c2ccc(N(c3ccccc3)c3ccc4c(ccc5ccc6c7ccccc7sc6c54)c3)cc2)cc1. The Bertz CT molecular complexity index is 5310. The number of anilines is 6. The highest BCUT2D eigenvalue weighted by atomic mass is 32.1. The van der Waals surface area contributed by atoms with Gasteiger partial charge in [-0.15, -0.1) is 22.7 Å². The summed E-state index contributed by atoms with van der Waals surface area (Å²) < 4.78 is 5.41. The number of hydrogen-bond acceptors (Lipinski definition) is 4. The van der Waals surface area contributed by atoms with Gasteiger partial charge in [-0.25, -0.2) is 0 Å². The Morgan fingerprint density at radius 3 is 0.860 bits per heavy atom. The summed E-state index contributed by atoms with van der Waals surface area (Å²) in [4.78, 5) is 4.70. The summed E-state index contributed by atoms with van der Waals surface area (Å²) >= 11 is 3.80. The first-order chi connectivity index (χ1) is 42.6. The normalized spacial score (nSPS) is 11.5. The van der Waals surface area contributed by atoms with Gasteiger partial charge in [0.15, 0.2) is 0 Å². The molecule has 0 saturated heterocycles. The van der Waals surface area contributed by atoms with Gasteiger partial charge in [0.05, 0.1) is 0 Å².